The normalized spacial score (nSPS) is 16.5. The van der Waals surface area contributed by atoms with Crippen LogP contribution in [0.4, 0.5) is 0 Å². The molecule has 0 spiro atoms. The van der Waals surface area contributed by atoms with Crippen molar-refractivity contribution in [3.63, 3.8) is 0 Å². The number of carbonyl (C=O) groups excluding carboxylic acids is 3. The van der Waals surface area contributed by atoms with Gasteiger partial charge in [-0.25, -0.2) is 0 Å². The summed E-state index contributed by atoms with van der Waals surface area (Å²) in [6.45, 7) is -0.192. The molecule has 10 nitrogen and oxygen atoms in total. The summed E-state index contributed by atoms with van der Waals surface area (Å²) in [6, 6.07) is 18.9. The second-order valence-electron chi connectivity index (χ2n) is 11.0. The SMILES string of the molecule is O=C1NC(c2c(CO)[nH]c3ccc(Cl)cc23)c2cc(O)ccc21.O=Cc1[nH]c2ccc(Cl)cc2c1C1NC(=O)c2ccc(O)cc21. The molecule has 0 aliphatic carbocycles. The highest BCUT2D eigenvalue weighted by atomic mass is 35.5. The van der Waals surface area contributed by atoms with Crippen LogP contribution in [0.1, 0.15) is 71.2 Å². The van der Waals surface area contributed by atoms with Gasteiger partial charge in [0.2, 0.25) is 0 Å². The monoisotopic (exact) mass is 654 g/mol. The second-order valence-corrected chi connectivity index (χ2v) is 11.9. The van der Waals surface area contributed by atoms with Gasteiger partial charge in [0.1, 0.15) is 11.5 Å². The third-order valence-corrected chi connectivity index (χ3v) is 8.77. The van der Waals surface area contributed by atoms with Gasteiger partial charge in [0.15, 0.2) is 6.29 Å². The van der Waals surface area contributed by atoms with Crippen molar-refractivity contribution in [2.45, 2.75) is 18.7 Å². The highest BCUT2D eigenvalue weighted by Crippen LogP contribution is 2.40. The van der Waals surface area contributed by atoms with Crippen LogP contribution in [-0.2, 0) is 6.61 Å². The minimum absolute atomic E-state index is 0.0655. The van der Waals surface area contributed by atoms with E-state index in [0.717, 1.165) is 33.7 Å². The minimum atomic E-state index is -0.517. The smallest absolute Gasteiger partial charge is 0.252 e. The molecule has 2 aromatic heterocycles. The predicted molar refractivity (Wildman–Crippen MR) is 173 cm³/mol. The van der Waals surface area contributed by atoms with E-state index in [-0.39, 0.29) is 29.9 Å². The van der Waals surface area contributed by atoms with Crippen molar-refractivity contribution < 1.29 is 29.7 Å². The van der Waals surface area contributed by atoms with Crippen molar-refractivity contribution in [1.29, 1.82) is 0 Å². The molecule has 46 heavy (non-hydrogen) atoms. The Kier molecular flexibility index (Phi) is 7.20. The van der Waals surface area contributed by atoms with Gasteiger partial charge in [-0.15, -0.1) is 0 Å². The number of aromatic hydroxyl groups is 2. The number of hydrogen-bond acceptors (Lipinski definition) is 6. The molecule has 0 saturated heterocycles. The largest absolute Gasteiger partial charge is 0.508 e. The molecule has 12 heteroatoms. The van der Waals surface area contributed by atoms with Crippen LogP contribution in [0.2, 0.25) is 10.0 Å². The van der Waals surface area contributed by atoms with E-state index in [4.69, 9.17) is 23.2 Å². The number of halogens is 2. The van der Waals surface area contributed by atoms with Gasteiger partial charge in [-0.2, -0.15) is 0 Å². The molecule has 2 unspecified atom stereocenters. The van der Waals surface area contributed by atoms with Crippen LogP contribution in [0.5, 0.6) is 11.5 Å². The Labute approximate surface area is 270 Å². The average Bonchev–Trinajstić information content (AvgIpc) is 3.76. The van der Waals surface area contributed by atoms with Crippen molar-refractivity contribution in [2.24, 2.45) is 0 Å². The van der Waals surface area contributed by atoms with Gasteiger partial charge >= 0.3 is 0 Å². The molecular weight excluding hydrogens is 631 g/mol. The number of aromatic amines is 2. The number of rotatable bonds is 4. The van der Waals surface area contributed by atoms with Crippen LogP contribution in [-0.4, -0.2) is 43.4 Å². The second kappa shape index (κ2) is 11.3. The fourth-order valence-corrected chi connectivity index (χ4v) is 6.67. The van der Waals surface area contributed by atoms with E-state index in [2.05, 4.69) is 20.6 Å². The lowest BCUT2D eigenvalue weighted by molar-refractivity contribution is 0.0952. The molecule has 0 saturated carbocycles. The van der Waals surface area contributed by atoms with E-state index in [1.54, 1.807) is 48.5 Å². The average molecular weight is 655 g/mol. The van der Waals surface area contributed by atoms with Crippen molar-refractivity contribution >= 4 is 63.1 Å². The molecule has 2 atom stereocenters. The Morgan fingerprint density at radius 1 is 0.674 bits per heavy atom. The van der Waals surface area contributed by atoms with Crippen LogP contribution >= 0.6 is 23.2 Å². The van der Waals surface area contributed by atoms with Gasteiger partial charge in [0.05, 0.1) is 24.4 Å². The predicted octanol–water partition coefficient (Wildman–Crippen LogP) is 6.02. The van der Waals surface area contributed by atoms with E-state index < -0.39 is 12.1 Å². The summed E-state index contributed by atoms with van der Waals surface area (Å²) in [5, 5.41) is 37.7. The fourth-order valence-electron chi connectivity index (χ4n) is 6.32. The molecule has 8 rings (SSSR count). The number of H-pyrrole nitrogens is 2. The third-order valence-electron chi connectivity index (χ3n) is 8.30. The van der Waals surface area contributed by atoms with Gasteiger partial charge in [0, 0.05) is 59.8 Å². The van der Waals surface area contributed by atoms with Crippen LogP contribution in [0, 0.1) is 0 Å². The van der Waals surface area contributed by atoms with E-state index >= 15 is 0 Å². The van der Waals surface area contributed by atoms with Crippen molar-refractivity contribution in [1.82, 2.24) is 20.6 Å². The minimum Gasteiger partial charge on any atom is -0.508 e. The molecule has 0 radical (unpaired) electrons. The van der Waals surface area contributed by atoms with Crippen molar-refractivity contribution in [3.8, 4) is 11.5 Å². The highest BCUT2D eigenvalue weighted by molar-refractivity contribution is 6.31. The molecule has 2 aliphatic heterocycles. The lowest BCUT2D eigenvalue weighted by Gasteiger charge is -2.13. The van der Waals surface area contributed by atoms with E-state index in [1.807, 2.05) is 6.07 Å². The number of phenolic OH excluding ortho intramolecular Hbond substituents is 2. The number of aldehydes is 1. The fraction of sp³-hybridized carbons (Fsp3) is 0.0882. The first-order valence-corrected chi connectivity index (χ1v) is 14.9. The summed E-state index contributed by atoms with van der Waals surface area (Å²) < 4.78 is 0. The Bertz CT molecular complexity index is 2240. The Balaban J connectivity index is 0.000000147. The standard InChI is InChI=1S/C17H13ClN2O3.C17H11ClN2O3/c2*18-8-1-4-13-12(5-8)15(14(7-21)19-13)16-11-6-9(22)2-3-10(11)17(23)20-16/h1-6,16,19,21-22H,7H2,(H,20,23);1-7,16,19,22H,(H,20,23). The number of fused-ring (bicyclic) bond motifs is 4. The van der Waals surface area contributed by atoms with E-state index in [0.29, 0.717) is 49.3 Å². The first kappa shape index (κ1) is 29.4. The molecule has 0 fully saturated rings. The summed E-state index contributed by atoms with van der Waals surface area (Å²) in [5.74, 6) is -0.284. The summed E-state index contributed by atoms with van der Waals surface area (Å²) in [4.78, 5) is 42.0. The molecular formula is C34H24Cl2N4O6. The van der Waals surface area contributed by atoms with Crippen molar-refractivity contribution in [2.75, 3.05) is 0 Å². The molecule has 6 aromatic rings. The molecule has 0 bridgehead atoms. The zero-order chi connectivity index (χ0) is 32.3. The number of carbonyl (C=O) groups is 3. The maximum Gasteiger partial charge on any atom is 0.252 e. The molecule has 2 aliphatic rings. The molecule has 2 amide bonds. The zero-order valence-electron chi connectivity index (χ0n) is 23.7. The first-order valence-electron chi connectivity index (χ1n) is 14.1. The number of nitrogens with one attached hydrogen (secondary N) is 4. The Morgan fingerprint density at radius 2 is 1.17 bits per heavy atom. The molecule has 4 aromatic carbocycles. The summed E-state index contributed by atoms with van der Waals surface area (Å²) >= 11 is 12.2. The van der Waals surface area contributed by atoms with E-state index in [1.165, 1.54) is 18.2 Å². The third kappa shape index (κ3) is 4.83. The van der Waals surface area contributed by atoms with Crippen LogP contribution in [0.3, 0.4) is 0 Å². The van der Waals surface area contributed by atoms with Gasteiger partial charge in [-0.3, -0.25) is 14.4 Å². The summed E-state index contributed by atoms with van der Waals surface area (Å²) in [5.41, 5.74) is 6.33. The number of amides is 2. The first-order chi connectivity index (χ1) is 22.2. The summed E-state index contributed by atoms with van der Waals surface area (Å²) in [6.07, 6.45) is 0.718. The maximum atomic E-state index is 12.2. The topological polar surface area (TPSA) is 168 Å². The number of aromatic nitrogens is 2. The summed E-state index contributed by atoms with van der Waals surface area (Å²) in [7, 11) is 0. The van der Waals surface area contributed by atoms with Crippen LogP contribution in [0.15, 0.2) is 72.8 Å². The zero-order valence-corrected chi connectivity index (χ0v) is 25.2. The number of aliphatic hydroxyl groups is 1. The molecule has 7 N–H and O–H groups in total. The Morgan fingerprint density at radius 3 is 1.70 bits per heavy atom. The van der Waals surface area contributed by atoms with Crippen LogP contribution in [0.25, 0.3) is 21.8 Å². The van der Waals surface area contributed by atoms with Crippen LogP contribution < -0.4 is 10.6 Å². The highest BCUT2D eigenvalue weighted by Gasteiger charge is 2.34. The lowest BCUT2D eigenvalue weighted by Crippen LogP contribution is -2.20. The van der Waals surface area contributed by atoms with Crippen molar-refractivity contribution in [3.05, 3.63) is 128 Å². The van der Waals surface area contributed by atoms with Gasteiger partial charge < -0.3 is 35.9 Å². The molecule has 230 valence electrons. The maximum absolute atomic E-state index is 12.2. The lowest BCUT2D eigenvalue weighted by atomic mass is 9.95. The van der Waals surface area contributed by atoms with Gasteiger partial charge in [-0.1, -0.05) is 23.2 Å². The Hall–Kier alpha value is -5.29. The van der Waals surface area contributed by atoms with Gasteiger partial charge in [-0.05, 0) is 83.9 Å². The van der Waals surface area contributed by atoms with Gasteiger partial charge in [0.25, 0.3) is 11.8 Å². The number of hydrogen-bond donors (Lipinski definition) is 7. The molecule has 4 heterocycles. The number of phenols is 2. The number of benzene rings is 4. The quantitative estimate of drug-likeness (QED) is 0.115. The number of aliphatic hydroxyl groups excluding tert-OH is 1. The van der Waals surface area contributed by atoms with E-state index in [9.17, 15) is 29.7 Å².